The van der Waals surface area contributed by atoms with Gasteiger partial charge >= 0.3 is 0 Å². The third-order valence-electron chi connectivity index (χ3n) is 3.24. The van der Waals surface area contributed by atoms with E-state index in [1.54, 1.807) is 7.11 Å². The fourth-order valence-corrected chi connectivity index (χ4v) is 1.85. The lowest BCUT2D eigenvalue weighted by Gasteiger charge is -2.19. The molecule has 3 nitrogen and oxygen atoms in total. The number of hydrogen-bond acceptors (Lipinski definition) is 3. The van der Waals surface area contributed by atoms with Gasteiger partial charge in [-0.2, -0.15) is 0 Å². The van der Waals surface area contributed by atoms with Gasteiger partial charge in [0, 0.05) is 12.6 Å². The van der Waals surface area contributed by atoms with Crippen LogP contribution in [0.2, 0.25) is 0 Å². The third-order valence-corrected chi connectivity index (χ3v) is 3.24. The van der Waals surface area contributed by atoms with Gasteiger partial charge < -0.3 is 14.8 Å². The minimum absolute atomic E-state index is 0.102. The van der Waals surface area contributed by atoms with E-state index < -0.39 is 0 Å². The third kappa shape index (κ3) is 5.25. The molecule has 0 aliphatic heterocycles. The van der Waals surface area contributed by atoms with E-state index >= 15 is 0 Å². The Morgan fingerprint density at radius 1 is 1.25 bits per heavy atom. The zero-order valence-electron chi connectivity index (χ0n) is 13.3. The molecule has 0 spiro atoms. The van der Waals surface area contributed by atoms with E-state index in [1.807, 2.05) is 37.3 Å². The number of methoxy groups -OCH3 is 1. The van der Waals surface area contributed by atoms with Crippen molar-refractivity contribution in [1.29, 1.82) is 0 Å². The summed E-state index contributed by atoms with van der Waals surface area (Å²) in [6.07, 6.45) is 5.27. The van der Waals surface area contributed by atoms with Gasteiger partial charge in [-0.05, 0) is 44.9 Å². The summed E-state index contributed by atoms with van der Waals surface area (Å²) in [5, 5.41) is 3.44. The van der Waals surface area contributed by atoms with Crippen LogP contribution < -0.4 is 14.8 Å². The van der Waals surface area contributed by atoms with Gasteiger partial charge in [-0.1, -0.05) is 25.1 Å². The van der Waals surface area contributed by atoms with Crippen molar-refractivity contribution >= 4 is 6.08 Å². The van der Waals surface area contributed by atoms with Gasteiger partial charge in [0.25, 0.3) is 0 Å². The van der Waals surface area contributed by atoms with Crippen LogP contribution in [0.3, 0.4) is 0 Å². The molecule has 0 aliphatic rings. The van der Waals surface area contributed by atoms with Gasteiger partial charge in [-0.25, -0.2) is 0 Å². The van der Waals surface area contributed by atoms with E-state index in [0.29, 0.717) is 6.04 Å². The zero-order chi connectivity index (χ0) is 15.0. The molecule has 20 heavy (non-hydrogen) atoms. The molecule has 0 saturated carbocycles. The normalized spacial score (nSPS) is 14.2. The maximum atomic E-state index is 5.95. The maximum Gasteiger partial charge on any atom is 0.161 e. The highest BCUT2D eigenvalue weighted by molar-refractivity contribution is 5.55. The molecule has 1 aromatic rings. The van der Waals surface area contributed by atoms with E-state index in [2.05, 4.69) is 26.1 Å². The highest BCUT2D eigenvalue weighted by atomic mass is 16.5. The Bertz CT molecular complexity index is 429. The van der Waals surface area contributed by atoms with Crippen molar-refractivity contribution in [2.45, 2.75) is 46.3 Å². The Balaban J connectivity index is 2.66. The second-order valence-corrected chi connectivity index (χ2v) is 5.06. The predicted octanol–water partition coefficient (Wildman–Crippen LogP) is 3.88. The van der Waals surface area contributed by atoms with Crippen LogP contribution in [0.1, 0.15) is 39.7 Å². The maximum absolute atomic E-state index is 5.95. The van der Waals surface area contributed by atoms with Gasteiger partial charge in [0.2, 0.25) is 0 Å². The lowest BCUT2D eigenvalue weighted by atomic mass is 10.2. The number of nitrogens with one attached hydrogen (secondary N) is 1. The molecule has 2 atom stereocenters. The first-order chi connectivity index (χ1) is 9.60. The SMILES string of the molecule is CC=Cc1ccc(OC(C)CNC(C)CC)c(OC)c1. The largest absolute Gasteiger partial charge is 0.493 e. The average Bonchev–Trinajstić information content (AvgIpc) is 2.46. The molecule has 0 aromatic heterocycles. The van der Waals surface area contributed by atoms with Crippen LogP contribution in [0.4, 0.5) is 0 Å². The highest BCUT2D eigenvalue weighted by Gasteiger charge is 2.10. The van der Waals surface area contributed by atoms with Crippen molar-refractivity contribution in [3.05, 3.63) is 29.8 Å². The molecule has 112 valence electrons. The van der Waals surface area contributed by atoms with Gasteiger partial charge in [-0.3, -0.25) is 0 Å². The molecular formula is C17H27NO2. The smallest absolute Gasteiger partial charge is 0.161 e. The van der Waals surface area contributed by atoms with Crippen LogP contribution in [-0.4, -0.2) is 25.8 Å². The highest BCUT2D eigenvalue weighted by Crippen LogP contribution is 2.29. The van der Waals surface area contributed by atoms with Crippen LogP contribution in [0.5, 0.6) is 11.5 Å². The molecule has 0 saturated heterocycles. The van der Waals surface area contributed by atoms with Crippen molar-refractivity contribution in [1.82, 2.24) is 5.32 Å². The van der Waals surface area contributed by atoms with Crippen molar-refractivity contribution in [3.8, 4) is 11.5 Å². The molecule has 0 heterocycles. The van der Waals surface area contributed by atoms with Crippen molar-refractivity contribution in [2.75, 3.05) is 13.7 Å². The Labute approximate surface area is 123 Å². The Morgan fingerprint density at radius 3 is 2.60 bits per heavy atom. The van der Waals surface area contributed by atoms with Crippen molar-refractivity contribution in [2.24, 2.45) is 0 Å². The first kappa shape index (κ1) is 16.6. The summed E-state index contributed by atoms with van der Waals surface area (Å²) in [6, 6.07) is 6.50. The molecule has 1 aromatic carbocycles. The van der Waals surface area contributed by atoms with Gasteiger partial charge in [0.05, 0.1) is 7.11 Å². The molecule has 0 bridgehead atoms. The Morgan fingerprint density at radius 2 is 2.00 bits per heavy atom. The predicted molar refractivity (Wildman–Crippen MR) is 85.5 cm³/mol. The van der Waals surface area contributed by atoms with Crippen molar-refractivity contribution < 1.29 is 9.47 Å². The molecule has 3 heteroatoms. The Hall–Kier alpha value is -1.48. The minimum atomic E-state index is 0.102. The molecule has 1 N–H and O–H groups in total. The average molecular weight is 277 g/mol. The standard InChI is InChI=1S/C17H27NO2/c1-6-8-15-9-10-16(17(11-15)19-5)20-14(4)12-18-13(3)7-2/h6,8-11,13-14,18H,7,12H2,1-5H3. The molecular weight excluding hydrogens is 250 g/mol. The topological polar surface area (TPSA) is 30.5 Å². The summed E-state index contributed by atoms with van der Waals surface area (Å²) in [4.78, 5) is 0. The summed E-state index contributed by atoms with van der Waals surface area (Å²) in [6.45, 7) is 9.24. The summed E-state index contributed by atoms with van der Waals surface area (Å²) in [5.41, 5.74) is 1.11. The molecule has 2 unspecified atom stereocenters. The fraction of sp³-hybridized carbons (Fsp3) is 0.529. The van der Waals surface area contributed by atoms with Crippen LogP contribution in [0.15, 0.2) is 24.3 Å². The summed E-state index contributed by atoms with van der Waals surface area (Å²) >= 11 is 0. The van der Waals surface area contributed by atoms with Gasteiger partial charge in [0.1, 0.15) is 6.10 Å². The number of rotatable bonds is 8. The molecule has 0 amide bonds. The summed E-state index contributed by atoms with van der Waals surface area (Å²) < 4.78 is 11.4. The number of hydrogen-bond donors (Lipinski definition) is 1. The van der Waals surface area contributed by atoms with E-state index in [4.69, 9.17) is 9.47 Å². The second kappa shape index (κ2) is 8.64. The lowest BCUT2D eigenvalue weighted by molar-refractivity contribution is 0.203. The van der Waals surface area contributed by atoms with Crippen molar-refractivity contribution in [3.63, 3.8) is 0 Å². The molecule has 0 fully saturated rings. The van der Waals surface area contributed by atoms with E-state index in [9.17, 15) is 0 Å². The second-order valence-electron chi connectivity index (χ2n) is 5.06. The molecule has 1 rings (SSSR count). The zero-order valence-corrected chi connectivity index (χ0v) is 13.3. The fourth-order valence-electron chi connectivity index (χ4n) is 1.85. The van der Waals surface area contributed by atoms with Crippen LogP contribution in [0, 0.1) is 0 Å². The summed E-state index contributed by atoms with van der Waals surface area (Å²) in [5.74, 6) is 1.56. The van der Waals surface area contributed by atoms with Crippen LogP contribution in [-0.2, 0) is 0 Å². The monoisotopic (exact) mass is 277 g/mol. The Kier molecular flexibility index (Phi) is 7.16. The number of ether oxygens (including phenoxy) is 2. The molecule has 0 aliphatic carbocycles. The van der Waals surface area contributed by atoms with Gasteiger partial charge in [-0.15, -0.1) is 0 Å². The van der Waals surface area contributed by atoms with Crippen LogP contribution >= 0.6 is 0 Å². The number of allylic oxidation sites excluding steroid dienone is 1. The van der Waals surface area contributed by atoms with E-state index in [-0.39, 0.29) is 6.10 Å². The van der Waals surface area contributed by atoms with Crippen LogP contribution in [0.25, 0.3) is 6.08 Å². The van der Waals surface area contributed by atoms with E-state index in [1.165, 1.54) is 0 Å². The lowest BCUT2D eigenvalue weighted by Crippen LogP contribution is -2.34. The quantitative estimate of drug-likeness (QED) is 0.782. The van der Waals surface area contributed by atoms with Gasteiger partial charge in [0.15, 0.2) is 11.5 Å². The minimum Gasteiger partial charge on any atom is -0.493 e. The first-order valence-corrected chi connectivity index (χ1v) is 7.31. The van der Waals surface area contributed by atoms with E-state index in [0.717, 1.165) is 30.0 Å². The first-order valence-electron chi connectivity index (χ1n) is 7.31. The number of benzene rings is 1. The molecule has 0 radical (unpaired) electrons. The summed E-state index contributed by atoms with van der Waals surface area (Å²) in [7, 11) is 1.67.